The molecule has 0 saturated carbocycles. The third-order valence-corrected chi connectivity index (χ3v) is 9.20. The van der Waals surface area contributed by atoms with Gasteiger partial charge in [0.05, 0.1) is 11.4 Å². The normalized spacial score (nSPS) is 15.1. The van der Waals surface area contributed by atoms with Gasteiger partial charge in [-0.1, -0.05) is 52.8 Å². The van der Waals surface area contributed by atoms with Gasteiger partial charge in [0, 0.05) is 37.8 Å². The van der Waals surface area contributed by atoms with Crippen LogP contribution in [-0.2, 0) is 24.2 Å². The summed E-state index contributed by atoms with van der Waals surface area (Å²) in [6.45, 7) is 6.82. The molecule has 3 heterocycles. The minimum atomic E-state index is -0.122. The molecule has 5 rings (SSSR count). The van der Waals surface area contributed by atoms with Gasteiger partial charge in [-0.05, 0) is 42.9 Å². The van der Waals surface area contributed by atoms with Crippen LogP contribution < -0.4 is 5.32 Å². The van der Waals surface area contributed by atoms with Gasteiger partial charge in [0.15, 0.2) is 16.1 Å². The molecule has 1 amide bonds. The lowest BCUT2D eigenvalue weighted by molar-refractivity contribution is -0.113. The summed E-state index contributed by atoms with van der Waals surface area (Å²) < 4.78 is 3.07. The average molecular weight is 587 g/mol. The first kappa shape index (κ1) is 24.4. The van der Waals surface area contributed by atoms with Gasteiger partial charge in [0.2, 0.25) is 5.91 Å². The Morgan fingerprint density at radius 2 is 2.11 bits per heavy atom. The van der Waals surface area contributed by atoms with E-state index in [0.29, 0.717) is 16.8 Å². The maximum atomic E-state index is 12.7. The van der Waals surface area contributed by atoms with Gasteiger partial charge in [0.25, 0.3) is 0 Å². The highest BCUT2D eigenvalue weighted by Crippen LogP contribution is 2.38. The fourth-order valence-corrected chi connectivity index (χ4v) is 7.11. The summed E-state index contributed by atoms with van der Waals surface area (Å²) in [6, 6.07) is 7.94. The molecule has 10 heteroatoms. The predicted molar refractivity (Wildman–Crippen MR) is 149 cm³/mol. The number of benzene rings is 1. The number of anilines is 1. The molecule has 35 heavy (non-hydrogen) atoms. The molecule has 4 aromatic rings. The van der Waals surface area contributed by atoms with Crippen LogP contribution in [0, 0.1) is 5.92 Å². The number of allylic oxidation sites excluding steroid dienone is 1. The highest BCUT2D eigenvalue weighted by molar-refractivity contribution is 9.10. The lowest BCUT2D eigenvalue weighted by atomic mass is 9.88. The van der Waals surface area contributed by atoms with E-state index < -0.39 is 0 Å². The van der Waals surface area contributed by atoms with Crippen molar-refractivity contribution in [3.63, 3.8) is 0 Å². The van der Waals surface area contributed by atoms with Crippen molar-refractivity contribution >= 4 is 61.4 Å². The Morgan fingerprint density at radius 3 is 2.91 bits per heavy atom. The van der Waals surface area contributed by atoms with Gasteiger partial charge >= 0.3 is 0 Å². The quantitative estimate of drug-likeness (QED) is 0.179. The molecular weight excluding hydrogens is 562 g/mol. The Hall–Kier alpha value is -2.27. The maximum absolute atomic E-state index is 12.7. The molecule has 0 saturated heterocycles. The number of amides is 1. The number of thioether (sulfide) groups is 1. The molecule has 1 aliphatic rings. The van der Waals surface area contributed by atoms with Crippen LogP contribution in [0.5, 0.6) is 0 Å². The Bertz CT molecular complexity index is 1360. The number of hydrogen-bond acceptors (Lipinski definition) is 7. The van der Waals surface area contributed by atoms with E-state index in [-0.39, 0.29) is 11.7 Å². The van der Waals surface area contributed by atoms with Gasteiger partial charge in [-0.25, -0.2) is 4.98 Å². The number of fused-ring (bicyclic) bond motifs is 1. The van der Waals surface area contributed by atoms with Crippen molar-refractivity contribution in [3.8, 4) is 22.6 Å². The number of nitrogens with one attached hydrogen (secondary N) is 1. The summed E-state index contributed by atoms with van der Waals surface area (Å²) in [6.07, 6.45) is 5.26. The van der Waals surface area contributed by atoms with Crippen molar-refractivity contribution in [3.05, 3.63) is 62.6 Å². The summed E-state index contributed by atoms with van der Waals surface area (Å²) in [5.41, 5.74) is 4.43. The topological polar surface area (TPSA) is 72.7 Å². The largest absolute Gasteiger partial charge is 0.301 e. The maximum Gasteiger partial charge on any atom is 0.236 e. The third-order valence-electron chi connectivity index (χ3n) is 5.89. The summed E-state index contributed by atoms with van der Waals surface area (Å²) >= 11 is 8.06. The van der Waals surface area contributed by atoms with Gasteiger partial charge in [0.1, 0.15) is 0 Å². The molecule has 1 aliphatic carbocycles. The lowest BCUT2D eigenvalue weighted by Crippen LogP contribution is -2.14. The zero-order valence-electron chi connectivity index (χ0n) is 19.2. The fraction of sp³-hybridized carbons (Fsp3) is 0.280. The van der Waals surface area contributed by atoms with Crippen molar-refractivity contribution in [2.24, 2.45) is 5.92 Å². The van der Waals surface area contributed by atoms with Gasteiger partial charge in [-0.3, -0.25) is 9.36 Å². The Kier molecular flexibility index (Phi) is 7.52. The summed E-state index contributed by atoms with van der Waals surface area (Å²) in [5.74, 6) is 1.69. The second kappa shape index (κ2) is 10.8. The number of rotatable bonds is 8. The lowest BCUT2D eigenvalue weighted by Gasteiger charge is -2.19. The monoisotopic (exact) mass is 585 g/mol. The van der Waals surface area contributed by atoms with E-state index in [2.05, 4.69) is 59.9 Å². The van der Waals surface area contributed by atoms with E-state index in [9.17, 15) is 4.79 Å². The van der Waals surface area contributed by atoms with E-state index in [4.69, 9.17) is 0 Å². The van der Waals surface area contributed by atoms with E-state index in [0.717, 1.165) is 40.3 Å². The zero-order chi connectivity index (χ0) is 24.4. The number of thiazole rings is 1. The van der Waals surface area contributed by atoms with Crippen LogP contribution >= 0.6 is 50.4 Å². The first-order chi connectivity index (χ1) is 17.0. The minimum absolute atomic E-state index is 0.122. The fourth-order valence-electron chi connectivity index (χ4n) is 4.12. The molecule has 0 radical (unpaired) electrons. The highest BCUT2D eigenvalue weighted by Gasteiger charge is 2.24. The van der Waals surface area contributed by atoms with Crippen molar-refractivity contribution in [2.45, 2.75) is 37.9 Å². The molecule has 180 valence electrons. The molecule has 0 fully saturated rings. The van der Waals surface area contributed by atoms with Crippen molar-refractivity contribution < 1.29 is 4.79 Å². The van der Waals surface area contributed by atoms with Crippen molar-refractivity contribution in [2.75, 3.05) is 11.1 Å². The Labute approximate surface area is 225 Å². The molecule has 0 spiro atoms. The van der Waals surface area contributed by atoms with Crippen LogP contribution in [0.2, 0.25) is 0 Å². The van der Waals surface area contributed by atoms with E-state index in [1.807, 2.05) is 47.1 Å². The summed E-state index contributed by atoms with van der Waals surface area (Å²) in [7, 11) is 0. The number of carbonyl (C=O) groups is 1. The first-order valence-corrected chi connectivity index (χ1v) is 14.8. The van der Waals surface area contributed by atoms with E-state index in [1.165, 1.54) is 45.5 Å². The smallest absolute Gasteiger partial charge is 0.236 e. The second-order valence-corrected chi connectivity index (χ2v) is 12.2. The summed E-state index contributed by atoms with van der Waals surface area (Å²) in [4.78, 5) is 18.7. The Balaban J connectivity index is 1.26. The summed E-state index contributed by atoms with van der Waals surface area (Å²) in [5, 5.41) is 17.3. The molecule has 1 aromatic carbocycles. The molecule has 1 N–H and O–H groups in total. The number of thiophene rings is 1. The number of aromatic nitrogens is 4. The SMILES string of the molecule is C=CCn1c(SCC(=O)Nc2nc(-c3ccc(Br)cc3)cs2)nnc1-c1csc2c1CCC(C)C2. The molecule has 1 atom stereocenters. The Morgan fingerprint density at radius 1 is 1.29 bits per heavy atom. The van der Waals surface area contributed by atoms with Crippen LogP contribution in [0.1, 0.15) is 23.8 Å². The molecular formula is C25H24BrN5OS3. The first-order valence-electron chi connectivity index (χ1n) is 11.3. The second-order valence-electron chi connectivity index (χ2n) is 8.49. The van der Waals surface area contributed by atoms with Gasteiger partial charge < -0.3 is 5.32 Å². The van der Waals surface area contributed by atoms with Gasteiger partial charge in [-0.15, -0.1) is 39.4 Å². The van der Waals surface area contributed by atoms with Crippen LogP contribution in [0.25, 0.3) is 22.6 Å². The average Bonchev–Trinajstić information content (AvgIpc) is 3.57. The predicted octanol–water partition coefficient (Wildman–Crippen LogP) is 6.93. The van der Waals surface area contributed by atoms with Crippen molar-refractivity contribution in [1.82, 2.24) is 19.7 Å². The molecule has 6 nitrogen and oxygen atoms in total. The zero-order valence-corrected chi connectivity index (χ0v) is 23.2. The number of nitrogens with zero attached hydrogens (tertiary/aromatic N) is 4. The van der Waals surface area contributed by atoms with Crippen LogP contribution in [-0.4, -0.2) is 31.4 Å². The van der Waals surface area contributed by atoms with Crippen LogP contribution in [0.3, 0.4) is 0 Å². The number of carbonyl (C=O) groups excluding carboxylic acids is 1. The van der Waals surface area contributed by atoms with Gasteiger partial charge in [-0.2, -0.15) is 0 Å². The molecule has 0 aliphatic heterocycles. The van der Waals surface area contributed by atoms with E-state index >= 15 is 0 Å². The van der Waals surface area contributed by atoms with Crippen LogP contribution in [0.4, 0.5) is 5.13 Å². The van der Waals surface area contributed by atoms with Crippen LogP contribution in [0.15, 0.2) is 57.3 Å². The highest BCUT2D eigenvalue weighted by atomic mass is 79.9. The third kappa shape index (κ3) is 5.45. The number of halogens is 1. The van der Waals surface area contributed by atoms with E-state index in [1.54, 1.807) is 0 Å². The minimum Gasteiger partial charge on any atom is -0.301 e. The molecule has 0 bridgehead atoms. The van der Waals surface area contributed by atoms with Crippen molar-refractivity contribution in [1.29, 1.82) is 0 Å². The molecule has 1 unspecified atom stereocenters. The standard InChI is InChI=1S/C25H24BrN5OS3/c1-3-10-31-23(19-12-33-21-11-15(2)4-9-18(19)21)29-30-25(31)35-14-22(32)28-24-27-20(13-34-24)16-5-7-17(26)8-6-16/h3,5-8,12-13,15H,1,4,9-11,14H2,2H3,(H,27,28,32). The molecule has 3 aromatic heterocycles. The number of hydrogen-bond donors (Lipinski definition) is 1.